The first-order valence-corrected chi connectivity index (χ1v) is 7.17. The molecule has 0 aliphatic rings. The number of aryl methyl sites for hydroxylation is 1. The van der Waals surface area contributed by atoms with Crippen LogP contribution in [0.5, 0.6) is 0 Å². The smallest absolute Gasteiger partial charge is 0.280 e. The van der Waals surface area contributed by atoms with E-state index in [-0.39, 0.29) is 11.5 Å². The summed E-state index contributed by atoms with van der Waals surface area (Å²) in [6, 6.07) is 7.98. The molecule has 2 heterocycles. The summed E-state index contributed by atoms with van der Waals surface area (Å²) in [5.41, 5.74) is 2.27. The Morgan fingerprint density at radius 1 is 1.19 bits per heavy atom. The van der Waals surface area contributed by atoms with E-state index in [1.807, 2.05) is 38.2 Å². The van der Waals surface area contributed by atoms with Gasteiger partial charge in [-0.2, -0.15) is 0 Å². The molecule has 0 bridgehead atoms. The molecule has 108 valence electrons. The van der Waals surface area contributed by atoms with Crippen LogP contribution in [0.4, 0.5) is 0 Å². The van der Waals surface area contributed by atoms with E-state index in [0.29, 0.717) is 5.65 Å². The minimum absolute atomic E-state index is 0.148. The SMILES string of the molecule is CCc1cccc(-n2ccn3c(C(C)C)nnc3c2=O)c1. The van der Waals surface area contributed by atoms with Crippen molar-refractivity contribution < 1.29 is 0 Å². The molecule has 0 saturated heterocycles. The molecule has 0 aliphatic carbocycles. The minimum atomic E-state index is -0.148. The van der Waals surface area contributed by atoms with Crippen LogP contribution in [-0.4, -0.2) is 19.2 Å². The topological polar surface area (TPSA) is 52.2 Å². The lowest BCUT2D eigenvalue weighted by Crippen LogP contribution is -2.20. The van der Waals surface area contributed by atoms with Gasteiger partial charge in [-0.3, -0.25) is 13.8 Å². The summed E-state index contributed by atoms with van der Waals surface area (Å²) >= 11 is 0. The zero-order chi connectivity index (χ0) is 15.0. The predicted octanol–water partition coefficient (Wildman–Crippen LogP) is 2.57. The summed E-state index contributed by atoms with van der Waals surface area (Å²) in [6.07, 6.45) is 4.57. The molecular weight excluding hydrogens is 264 g/mol. The molecule has 0 amide bonds. The molecule has 0 radical (unpaired) electrons. The molecule has 0 saturated carbocycles. The lowest BCUT2D eigenvalue weighted by Gasteiger charge is -2.08. The van der Waals surface area contributed by atoms with Crippen molar-refractivity contribution in [3.8, 4) is 5.69 Å². The van der Waals surface area contributed by atoms with E-state index in [9.17, 15) is 4.79 Å². The summed E-state index contributed by atoms with van der Waals surface area (Å²) in [5.74, 6) is 1.02. The number of hydrogen-bond acceptors (Lipinski definition) is 3. The maximum Gasteiger partial charge on any atom is 0.300 e. The fourth-order valence-corrected chi connectivity index (χ4v) is 2.43. The highest BCUT2D eigenvalue weighted by Gasteiger charge is 2.13. The quantitative estimate of drug-likeness (QED) is 0.742. The average molecular weight is 282 g/mol. The first-order chi connectivity index (χ1) is 10.1. The zero-order valence-corrected chi connectivity index (χ0v) is 12.4. The van der Waals surface area contributed by atoms with Gasteiger partial charge in [-0.25, -0.2) is 0 Å². The van der Waals surface area contributed by atoms with Crippen LogP contribution in [-0.2, 0) is 6.42 Å². The Hall–Kier alpha value is -2.43. The number of hydrogen-bond donors (Lipinski definition) is 0. The Bertz CT molecular complexity index is 845. The number of rotatable bonds is 3. The summed E-state index contributed by atoms with van der Waals surface area (Å²) in [7, 11) is 0. The molecular formula is C16H18N4O. The number of benzene rings is 1. The van der Waals surface area contributed by atoms with Gasteiger partial charge in [-0.05, 0) is 24.1 Å². The maximum absolute atomic E-state index is 12.6. The fraction of sp³-hybridized carbons (Fsp3) is 0.312. The monoisotopic (exact) mass is 282 g/mol. The molecule has 0 atom stereocenters. The molecule has 0 unspecified atom stereocenters. The van der Waals surface area contributed by atoms with Gasteiger partial charge in [0, 0.05) is 24.0 Å². The standard InChI is InChI=1S/C16H18N4O/c1-4-12-6-5-7-13(10-12)19-8-9-20-14(11(2)3)17-18-15(20)16(19)21/h5-11H,4H2,1-3H3. The molecule has 5 heteroatoms. The highest BCUT2D eigenvalue weighted by atomic mass is 16.1. The normalized spacial score (nSPS) is 11.4. The second-order valence-corrected chi connectivity index (χ2v) is 5.40. The number of nitrogens with zero attached hydrogens (tertiary/aromatic N) is 4. The molecule has 3 rings (SSSR count). The van der Waals surface area contributed by atoms with Crippen LogP contribution in [0.15, 0.2) is 41.5 Å². The number of aromatic nitrogens is 4. The Labute approximate surface area is 122 Å². The van der Waals surface area contributed by atoms with Crippen molar-refractivity contribution >= 4 is 5.65 Å². The number of fused-ring (bicyclic) bond motifs is 1. The van der Waals surface area contributed by atoms with Crippen molar-refractivity contribution in [3.05, 3.63) is 58.4 Å². The van der Waals surface area contributed by atoms with Crippen LogP contribution in [0.2, 0.25) is 0 Å². The van der Waals surface area contributed by atoms with Gasteiger partial charge in [-0.15, -0.1) is 10.2 Å². The van der Waals surface area contributed by atoms with Gasteiger partial charge in [0.25, 0.3) is 0 Å². The van der Waals surface area contributed by atoms with Crippen LogP contribution in [0, 0.1) is 0 Å². The Morgan fingerprint density at radius 3 is 2.71 bits per heavy atom. The van der Waals surface area contributed by atoms with E-state index in [2.05, 4.69) is 23.2 Å². The molecule has 21 heavy (non-hydrogen) atoms. The molecule has 3 aromatic rings. The van der Waals surface area contributed by atoms with Crippen LogP contribution < -0.4 is 5.56 Å². The van der Waals surface area contributed by atoms with Crippen LogP contribution in [0.25, 0.3) is 11.3 Å². The van der Waals surface area contributed by atoms with E-state index >= 15 is 0 Å². The van der Waals surface area contributed by atoms with Gasteiger partial charge in [-0.1, -0.05) is 32.9 Å². The van der Waals surface area contributed by atoms with Crippen LogP contribution in [0.3, 0.4) is 0 Å². The summed E-state index contributed by atoms with van der Waals surface area (Å²) in [4.78, 5) is 12.6. The first kappa shape index (κ1) is 13.5. The Morgan fingerprint density at radius 2 is 2.00 bits per heavy atom. The van der Waals surface area contributed by atoms with E-state index in [0.717, 1.165) is 17.9 Å². The van der Waals surface area contributed by atoms with Crippen molar-refractivity contribution in [2.45, 2.75) is 33.1 Å². The van der Waals surface area contributed by atoms with Crippen molar-refractivity contribution in [3.63, 3.8) is 0 Å². The summed E-state index contributed by atoms with van der Waals surface area (Å²) in [6.45, 7) is 6.16. The zero-order valence-electron chi connectivity index (χ0n) is 12.4. The van der Waals surface area contributed by atoms with Crippen molar-refractivity contribution in [1.29, 1.82) is 0 Å². The highest BCUT2D eigenvalue weighted by molar-refractivity contribution is 5.42. The molecule has 0 N–H and O–H groups in total. The lowest BCUT2D eigenvalue weighted by atomic mass is 10.1. The van der Waals surface area contributed by atoms with Gasteiger partial charge < -0.3 is 0 Å². The van der Waals surface area contributed by atoms with Crippen molar-refractivity contribution in [2.75, 3.05) is 0 Å². The minimum Gasteiger partial charge on any atom is -0.280 e. The average Bonchev–Trinajstić information content (AvgIpc) is 2.93. The lowest BCUT2D eigenvalue weighted by molar-refractivity contribution is 0.756. The van der Waals surface area contributed by atoms with E-state index in [4.69, 9.17) is 0 Å². The summed E-state index contributed by atoms with van der Waals surface area (Å²) < 4.78 is 3.39. The van der Waals surface area contributed by atoms with Gasteiger partial charge in [0.15, 0.2) is 0 Å². The maximum atomic E-state index is 12.6. The fourth-order valence-electron chi connectivity index (χ4n) is 2.43. The molecule has 0 fully saturated rings. The molecule has 1 aromatic carbocycles. The van der Waals surface area contributed by atoms with Crippen LogP contribution >= 0.6 is 0 Å². The van der Waals surface area contributed by atoms with Gasteiger partial charge in [0.1, 0.15) is 5.82 Å². The second-order valence-electron chi connectivity index (χ2n) is 5.40. The van der Waals surface area contributed by atoms with E-state index < -0.39 is 0 Å². The largest absolute Gasteiger partial charge is 0.300 e. The molecule has 5 nitrogen and oxygen atoms in total. The highest BCUT2D eigenvalue weighted by Crippen LogP contribution is 2.13. The molecule has 0 aliphatic heterocycles. The Balaban J connectivity index is 2.21. The second kappa shape index (κ2) is 5.16. The third-order valence-electron chi connectivity index (χ3n) is 3.61. The van der Waals surface area contributed by atoms with E-state index in [1.54, 1.807) is 15.2 Å². The third kappa shape index (κ3) is 2.24. The first-order valence-electron chi connectivity index (χ1n) is 7.17. The molecule has 2 aromatic heterocycles. The van der Waals surface area contributed by atoms with Crippen molar-refractivity contribution in [1.82, 2.24) is 19.2 Å². The van der Waals surface area contributed by atoms with Gasteiger partial charge in [0.2, 0.25) is 5.65 Å². The van der Waals surface area contributed by atoms with Gasteiger partial charge >= 0.3 is 5.56 Å². The van der Waals surface area contributed by atoms with Crippen LogP contribution in [0.1, 0.15) is 38.1 Å². The summed E-state index contributed by atoms with van der Waals surface area (Å²) in [5, 5.41) is 8.17. The third-order valence-corrected chi connectivity index (χ3v) is 3.61. The Kier molecular flexibility index (Phi) is 3.33. The van der Waals surface area contributed by atoms with E-state index in [1.165, 1.54) is 5.56 Å². The van der Waals surface area contributed by atoms with Crippen molar-refractivity contribution in [2.24, 2.45) is 0 Å². The predicted molar refractivity (Wildman–Crippen MR) is 82.1 cm³/mol. The van der Waals surface area contributed by atoms with Gasteiger partial charge in [0.05, 0.1) is 0 Å². The molecule has 0 spiro atoms.